The SMILES string of the molecule is CCCNc1nc2c(c(=O)[nH]c(=O)n2C)n1C(C)C. The van der Waals surface area contributed by atoms with E-state index in [2.05, 4.69) is 22.2 Å². The number of anilines is 1. The Hall–Kier alpha value is -2.05. The molecule has 0 aliphatic heterocycles. The van der Waals surface area contributed by atoms with Gasteiger partial charge in [0.1, 0.15) is 0 Å². The molecule has 2 heterocycles. The molecular weight excluding hydrogens is 246 g/mol. The van der Waals surface area contributed by atoms with Crippen LogP contribution in [0.25, 0.3) is 11.2 Å². The van der Waals surface area contributed by atoms with Gasteiger partial charge in [-0.25, -0.2) is 4.79 Å². The number of H-pyrrole nitrogens is 1. The van der Waals surface area contributed by atoms with Gasteiger partial charge in [0.15, 0.2) is 11.2 Å². The molecule has 0 bridgehead atoms. The van der Waals surface area contributed by atoms with Crippen LogP contribution in [0.5, 0.6) is 0 Å². The zero-order chi connectivity index (χ0) is 14.2. The Morgan fingerprint density at radius 2 is 2.05 bits per heavy atom. The van der Waals surface area contributed by atoms with Crippen molar-refractivity contribution in [3.63, 3.8) is 0 Å². The summed E-state index contributed by atoms with van der Waals surface area (Å²) in [6.45, 7) is 6.77. The largest absolute Gasteiger partial charge is 0.356 e. The normalized spacial score (nSPS) is 11.4. The van der Waals surface area contributed by atoms with Crippen molar-refractivity contribution in [1.29, 1.82) is 0 Å². The van der Waals surface area contributed by atoms with E-state index in [1.165, 1.54) is 4.57 Å². The molecule has 2 N–H and O–H groups in total. The molecular formula is C12H19N5O2. The molecule has 2 aromatic heterocycles. The van der Waals surface area contributed by atoms with E-state index in [1.807, 2.05) is 18.4 Å². The van der Waals surface area contributed by atoms with Crippen molar-refractivity contribution in [2.24, 2.45) is 7.05 Å². The average molecular weight is 265 g/mol. The van der Waals surface area contributed by atoms with Crippen molar-refractivity contribution in [3.05, 3.63) is 20.8 Å². The Morgan fingerprint density at radius 3 is 2.63 bits per heavy atom. The number of aryl methyl sites for hydroxylation is 1. The van der Waals surface area contributed by atoms with Crippen LogP contribution in [0, 0.1) is 0 Å². The van der Waals surface area contributed by atoms with Crippen LogP contribution in [0.15, 0.2) is 9.59 Å². The summed E-state index contributed by atoms with van der Waals surface area (Å²) in [7, 11) is 1.60. The molecule has 0 fully saturated rings. The molecule has 104 valence electrons. The van der Waals surface area contributed by atoms with Crippen LogP contribution in [0.1, 0.15) is 33.2 Å². The molecule has 0 unspecified atom stereocenters. The second-order valence-electron chi connectivity index (χ2n) is 4.82. The molecule has 7 nitrogen and oxygen atoms in total. The van der Waals surface area contributed by atoms with Crippen LogP contribution in [-0.2, 0) is 7.05 Å². The molecule has 0 spiro atoms. The number of nitrogens with zero attached hydrogens (tertiary/aromatic N) is 3. The monoisotopic (exact) mass is 265 g/mol. The van der Waals surface area contributed by atoms with Crippen molar-refractivity contribution in [1.82, 2.24) is 19.1 Å². The quantitative estimate of drug-likeness (QED) is 0.857. The first-order valence-corrected chi connectivity index (χ1v) is 6.42. The minimum Gasteiger partial charge on any atom is -0.356 e. The summed E-state index contributed by atoms with van der Waals surface area (Å²) >= 11 is 0. The van der Waals surface area contributed by atoms with Gasteiger partial charge in [0.25, 0.3) is 5.56 Å². The fourth-order valence-electron chi connectivity index (χ4n) is 2.07. The Bertz CT molecular complexity index is 707. The number of aromatic amines is 1. The van der Waals surface area contributed by atoms with Gasteiger partial charge in [0, 0.05) is 19.6 Å². The molecule has 0 atom stereocenters. The van der Waals surface area contributed by atoms with Crippen LogP contribution in [-0.4, -0.2) is 25.6 Å². The van der Waals surface area contributed by atoms with Crippen molar-refractivity contribution in [2.45, 2.75) is 33.2 Å². The Kier molecular flexibility index (Phi) is 3.46. The summed E-state index contributed by atoms with van der Waals surface area (Å²) < 4.78 is 3.18. The predicted molar refractivity (Wildman–Crippen MR) is 74.8 cm³/mol. The highest BCUT2D eigenvalue weighted by Crippen LogP contribution is 2.20. The van der Waals surface area contributed by atoms with Gasteiger partial charge < -0.3 is 9.88 Å². The average Bonchev–Trinajstić information content (AvgIpc) is 2.73. The predicted octanol–water partition coefficient (Wildman–Crippen LogP) is 0.826. The molecule has 7 heteroatoms. The van der Waals surface area contributed by atoms with Crippen molar-refractivity contribution in [2.75, 3.05) is 11.9 Å². The Balaban J connectivity index is 2.81. The third-order valence-electron chi connectivity index (χ3n) is 3.00. The standard InChI is InChI=1S/C12H19N5O2/c1-5-6-13-11-14-9-8(17(11)7(2)3)10(18)15-12(19)16(9)4/h7H,5-6H2,1-4H3,(H,13,14)(H,15,18,19). The second kappa shape index (κ2) is 4.91. The smallest absolute Gasteiger partial charge is 0.329 e. The van der Waals surface area contributed by atoms with E-state index in [-0.39, 0.29) is 6.04 Å². The molecule has 0 aliphatic carbocycles. The molecule has 0 saturated carbocycles. The van der Waals surface area contributed by atoms with Crippen molar-refractivity contribution < 1.29 is 0 Å². The van der Waals surface area contributed by atoms with E-state index >= 15 is 0 Å². The summed E-state index contributed by atoms with van der Waals surface area (Å²) in [5, 5.41) is 3.19. The highest BCUT2D eigenvalue weighted by Gasteiger charge is 2.18. The first kappa shape index (κ1) is 13.4. The lowest BCUT2D eigenvalue weighted by atomic mass is 10.3. The van der Waals surface area contributed by atoms with Crippen LogP contribution in [0.3, 0.4) is 0 Å². The van der Waals surface area contributed by atoms with Crippen LogP contribution in [0.2, 0.25) is 0 Å². The van der Waals surface area contributed by atoms with Crippen LogP contribution >= 0.6 is 0 Å². The van der Waals surface area contributed by atoms with E-state index in [0.29, 0.717) is 17.1 Å². The van der Waals surface area contributed by atoms with Gasteiger partial charge >= 0.3 is 5.69 Å². The second-order valence-corrected chi connectivity index (χ2v) is 4.82. The molecule has 0 aliphatic rings. The first-order valence-electron chi connectivity index (χ1n) is 6.42. The van der Waals surface area contributed by atoms with E-state index in [0.717, 1.165) is 13.0 Å². The van der Waals surface area contributed by atoms with E-state index in [4.69, 9.17) is 0 Å². The van der Waals surface area contributed by atoms with Gasteiger partial charge in [-0.05, 0) is 20.3 Å². The number of nitrogens with one attached hydrogen (secondary N) is 2. The van der Waals surface area contributed by atoms with Gasteiger partial charge in [0.05, 0.1) is 0 Å². The van der Waals surface area contributed by atoms with Gasteiger partial charge in [0.2, 0.25) is 5.95 Å². The maximum absolute atomic E-state index is 12.0. The molecule has 2 aromatic rings. The van der Waals surface area contributed by atoms with Crippen LogP contribution in [0.4, 0.5) is 5.95 Å². The number of hydrogen-bond acceptors (Lipinski definition) is 4. The van der Waals surface area contributed by atoms with Gasteiger partial charge in [-0.1, -0.05) is 6.92 Å². The highest BCUT2D eigenvalue weighted by molar-refractivity contribution is 5.74. The molecule has 0 radical (unpaired) electrons. The topological polar surface area (TPSA) is 84.7 Å². The lowest BCUT2D eigenvalue weighted by Crippen LogP contribution is -2.29. The minimum atomic E-state index is -0.451. The van der Waals surface area contributed by atoms with Crippen molar-refractivity contribution in [3.8, 4) is 0 Å². The summed E-state index contributed by atoms with van der Waals surface area (Å²) in [6, 6.07) is 0.0722. The van der Waals surface area contributed by atoms with E-state index in [9.17, 15) is 9.59 Å². The minimum absolute atomic E-state index is 0.0722. The van der Waals surface area contributed by atoms with Crippen molar-refractivity contribution >= 4 is 17.1 Å². The number of rotatable bonds is 4. The molecule has 0 saturated heterocycles. The maximum Gasteiger partial charge on any atom is 0.329 e. The number of hydrogen-bond donors (Lipinski definition) is 2. The zero-order valence-corrected chi connectivity index (χ0v) is 11.6. The summed E-state index contributed by atoms with van der Waals surface area (Å²) in [6.07, 6.45) is 0.955. The van der Waals surface area contributed by atoms with Gasteiger partial charge in [-0.15, -0.1) is 0 Å². The third-order valence-corrected chi connectivity index (χ3v) is 3.00. The molecule has 2 rings (SSSR count). The third kappa shape index (κ3) is 2.16. The number of aromatic nitrogens is 4. The Labute approximate surface area is 110 Å². The summed E-state index contributed by atoms with van der Waals surface area (Å²) in [4.78, 5) is 30.3. The zero-order valence-electron chi connectivity index (χ0n) is 11.6. The Morgan fingerprint density at radius 1 is 1.37 bits per heavy atom. The lowest BCUT2D eigenvalue weighted by molar-refractivity contribution is 0.619. The van der Waals surface area contributed by atoms with Gasteiger partial charge in [-0.2, -0.15) is 4.98 Å². The fraction of sp³-hybridized carbons (Fsp3) is 0.583. The molecule has 0 aromatic carbocycles. The van der Waals surface area contributed by atoms with E-state index in [1.54, 1.807) is 7.05 Å². The van der Waals surface area contributed by atoms with Gasteiger partial charge in [-0.3, -0.25) is 14.3 Å². The first-order chi connectivity index (χ1) is 8.97. The fourth-order valence-corrected chi connectivity index (χ4v) is 2.07. The molecule has 0 amide bonds. The maximum atomic E-state index is 12.0. The number of imidazole rings is 1. The highest BCUT2D eigenvalue weighted by atomic mass is 16.2. The molecule has 19 heavy (non-hydrogen) atoms. The van der Waals surface area contributed by atoms with Crippen LogP contribution < -0.4 is 16.6 Å². The van der Waals surface area contributed by atoms with E-state index < -0.39 is 11.2 Å². The summed E-state index contributed by atoms with van der Waals surface area (Å²) in [5.74, 6) is 0.624. The number of fused-ring (bicyclic) bond motifs is 1. The summed E-state index contributed by atoms with van der Waals surface area (Å²) in [5.41, 5.74) is -0.0199. The lowest BCUT2D eigenvalue weighted by Gasteiger charge is -2.12.